The van der Waals surface area contributed by atoms with E-state index < -0.39 is 15.0 Å². The van der Waals surface area contributed by atoms with Crippen molar-refractivity contribution >= 4 is 50.5 Å². The number of nitro groups is 1. The van der Waals surface area contributed by atoms with Crippen molar-refractivity contribution in [1.29, 1.82) is 0 Å². The first-order chi connectivity index (χ1) is 15.7. The largest absolute Gasteiger partial charge is 0.493 e. The van der Waals surface area contributed by atoms with E-state index >= 15 is 0 Å². The Bertz CT molecular complexity index is 1330. The molecule has 0 radical (unpaired) electrons. The molecule has 0 heterocycles. The van der Waals surface area contributed by atoms with Crippen molar-refractivity contribution in [2.75, 3.05) is 7.11 Å². The summed E-state index contributed by atoms with van der Waals surface area (Å²) in [4.78, 5) is 22.0. The molecule has 0 saturated heterocycles. The number of carbonyl (C=O) groups excluding carboxylic acids is 1. The SMILES string of the molecule is COc1cc(C=NNC(=O)c2cccc(I)c2)ccc1OS(=O)(=O)c1ccc([N+](=O)[O-])cc1. The van der Waals surface area contributed by atoms with E-state index in [0.717, 1.165) is 27.8 Å². The van der Waals surface area contributed by atoms with E-state index in [2.05, 4.69) is 33.1 Å². The van der Waals surface area contributed by atoms with Gasteiger partial charge in [-0.25, -0.2) is 5.43 Å². The molecule has 0 bridgehead atoms. The lowest BCUT2D eigenvalue weighted by atomic mass is 10.2. The highest BCUT2D eigenvalue weighted by molar-refractivity contribution is 14.1. The Labute approximate surface area is 202 Å². The van der Waals surface area contributed by atoms with Crippen LogP contribution in [0.1, 0.15) is 15.9 Å². The zero-order valence-corrected chi connectivity index (χ0v) is 19.9. The van der Waals surface area contributed by atoms with Crippen LogP contribution in [0.2, 0.25) is 0 Å². The minimum Gasteiger partial charge on any atom is -0.493 e. The van der Waals surface area contributed by atoms with Crippen molar-refractivity contribution in [1.82, 2.24) is 5.43 Å². The monoisotopic (exact) mass is 581 g/mol. The lowest BCUT2D eigenvalue weighted by Gasteiger charge is -2.11. The molecule has 0 fully saturated rings. The predicted octanol–water partition coefficient (Wildman–Crippen LogP) is 3.74. The number of halogens is 1. The minimum absolute atomic E-state index is 0.0871. The Morgan fingerprint density at radius 2 is 1.82 bits per heavy atom. The fourth-order valence-electron chi connectivity index (χ4n) is 2.59. The number of rotatable bonds is 8. The molecule has 0 aliphatic carbocycles. The lowest BCUT2D eigenvalue weighted by molar-refractivity contribution is -0.384. The van der Waals surface area contributed by atoms with Gasteiger partial charge in [-0.3, -0.25) is 14.9 Å². The van der Waals surface area contributed by atoms with Gasteiger partial charge < -0.3 is 8.92 Å². The summed E-state index contributed by atoms with van der Waals surface area (Å²) in [7, 11) is -2.92. The number of carbonyl (C=O) groups is 1. The normalized spacial score (nSPS) is 11.2. The molecule has 3 aromatic carbocycles. The summed E-state index contributed by atoms with van der Waals surface area (Å²) >= 11 is 2.10. The van der Waals surface area contributed by atoms with Gasteiger partial charge in [0.25, 0.3) is 11.6 Å². The van der Waals surface area contributed by atoms with Gasteiger partial charge in [0.05, 0.1) is 18.2 Å². The Hall–Kier alpha value is -3.52. The van der Waals surface area contributed by atoms with Crippen molar-refractivity contribution in [3.8, 4) is 11.5 Å². The highest BCUT2D eigenvalue weighted by Gasteiger charge is 2.20. The van der Waals surface area contributed by atoms with Gasteiger partial charge in [-0.15, -0.1) is 0 Å². The number of nitro benzene ring substituents is 1. The van der Waals surface area contributed by atoms with Gasteiger partial charge in [-0.2, -0.15) is 13.5 Å². The van der Waals surface area contributed by atoms with E-state index in [9.17, 15) is 23.3 Å². The first-order valence-electron chi connectivity index (χ1n) is 9.15. The molecule has 0 aromatic heterocycles. The first-order valence-corrected chi connectivity index (χ1v) is 11.6. The molecule has 0 atom stereocenters. The van der Waals surface area contributed by atoms with Gasteiger partial charge >= 0.3 is 10.1 Å². The number of methoxy groups -OCH3 is 1. The zero-order valence-electron chi connectivity index (χ0n) is 17.0. The number of hydrogen-bond acceptors (Lipinski definition) is 8. The predicted molar refractivity (Wildman–Crippen MR) is 128 cm³/mol. The molecule has 3 aromatic rings. The standard InChI is InChI=1S/C21H16IN3O7S/c1-31-20-11-14(13-23-24-21(26)15-3-2-4-16(22)12-15)5-10-19(20)32-33(29,30)18-8-6-17(7-9-18)25(27)28/h2-13H,1H3,(H,24,26). The Morgan fingerprint density at radius 3 is 2.45 bits per heavy atom. The maximum absolute atomic E-state index is 12.5. The lowest BCUT2D eigenvalue weighted by Crippen LogP contribution is -2.17. The van der Waals surface area contributed by atoms with E-state index in [1.54, 1.807) is 18.2 Å². The van der Waals surface area contributed by atoms with E-state index in [-0.39, 0.29) is 28.0 Å². The third-order valence-corrected chi connectivity index (χ3v) is 6.11. The van der Waals surface area contributed by atoms with Crippen LogP contribution in [0.5, 0.6) is 11.5 Å². The Balaban J connectivity index is 1.73. The number of hydrogen-bond donors (Lipinski definition) is 1. The van der Waals surface area contributed by atoms with Crippen molar-refractivity contribution < 1.29 is 27.1 Å². The van der Waals surface area contributed by atoms with Crippen molar-refractivity contribution in [2.24, 2.45) is 5.10 Å². The number of amides is 1. The van der Waals surface area contributed by atoms with Crippen LogP contribution in [0, 0.1) is 13.7 Å². The van der Waals surface area contributed by atoms with E-state index in [1.807, 2.05) is 6.07 Å². The molecular weight excluding hydrogens is 565 g/mol. The molecule has 0 unspecified atom stereocenters. The zero-order chi connectivity index (χ0) is 24.0. The number of nitrogens with zero attached hydrogens (tertiary/aromatic N) is 2. The summed E-state index contributed by atoms with van der Waals surface area (Å²) < 4.78 is 36.3. The fraction of sp³-hybridized carbons (Fsp3) is 0.0476. The third-order valence-electron chi connectivity index (χ3n) is 4.19. The van der Waals surface area contributed by atoms with E-state index in [0.29, 0.717) is 11.1 Å². The molecule has 12 heteroatoms. The highest BCUT2D eigenvalue weighted by Crippen LogP contribution is 2.30. The smallest absolute Gasteiger partial charge is 0.339 e. The van der Waals surface area contributed by atoms with E-state index in [4.69, 9.17) is 8.92 Å². The topological polar surface area (TPSA) is 137 Å². The molecule has 1 amide bonds. The molecule has 0 saturated carbocycles. The fourth-order valence-corrected chi connectivity index (χ4v) is 4.08. The van der Waals surface area contributed by atoms with Crippen molar-refractivity contribution in [3.05, 3.63) is 91.5 Å². The van der Waals surface area contributed by atoms with Gasteiger partial charge in [0, 0.05) is 21.3 Å². The van der Waals surface area contributed by atoms with Crippen LogP contribution in [0.25, 0.3) is 0 Å². The first kappa shape index (κ1) is 24.1. The summed E-state index contributed by atoms with van der Waals surface area (Å²) in [5.74, 6) is -0.366. The minimum atomic E-state index is -4.26. The molecule has 3 rings (SSSR count). The maximum atomic E-state index is 12.5. The number of ether oxygens (including phenoxy) is 1. The Kier molecular flexibility index (Phi) is 7.60. The number of nitrogens with one attached hydrogen (secondary N) is 1. The molecule has 170 valence electrons. The summed E-state index contributed by atoms with van der Waals surface area (Å²) in [5.41, 5.74) is 3.13. The van der Waals surface area contributed by atoms with Crippen molar-refractivity contribution in [2.45, 2.75) is 4.90 Å². The second-order valence-corrected chi connectivity index (χ2v) is 9.20. The molecule has 1 N–H and O–H groups in total. The van der Waals surface area contributed by atoms with Crippen LogP contribution in [0.15, 0.2) is 76.7 Å². The van der Waals surface area contributed by atoms with Gasteiger partial charge in [-0.1, -0.05) is 6.07 Å². The summed E-state index contributed by atoms with van der Waals surface area (Å²) in [5, 5.41) is 14.6. The van der Waals surface area contributed by atoms with Crippen LogP contribution in [0.3, 0.4) is 0 Å². The molecule has 0 aliphatic rings. The third kappa shape index (κ3) is 6.26. The second-order valence-electron chi connectivity index (χ2n) is 6.41. The van der Waals surface area contributed by atoms with Crippen LogP contribution < -0.4 is 14.3 Å². The molecule has 0 spiro atoms. The molecular formula is C21H16IN3O7S. The van der Waals surface area contributed by atoms with Crippen LogP contribution in [0.4, 0.5) is 5.69 Å². The van der Waals surface area contributed by atoms with Gasteiger partial charge in [0.1, 0.15) is 4.90 Å². The number of benzene rings is 3. The maximum Gasteiger partial charge on any atom is 0.339 e. The number of non-ortho nitro benzene ring substituents is 1. The molecule has 0 aliphatic heterocycles. The summed E-state index contributed by atoms with van der Waals surface area (Å²) in [6, 6.07) is 15.6. The van der Waals surface area contributed by atoms with E-state index in [1.165, 1.54) is 31.5 Å². The van der Waals surface area contributed by atoms with Crippen LogP contribution in [-0.4, -0.2) is 32.6 Å². The molecule has 10 nitrogen and oxygen atoms in total. The summed E-state index contributed by atoms with van der Waals surface area (Å²) in [6.45, 7) is 0. The average molecular weight is 581 g/mol. The average Bonchev–Trinajstić information content (AvgIpc) is 2.79. The number of hydrazone groups is 1. The molecule has 33 heavy (non-hydrogen) atoms. The second kappa shape index (κ2) is 10.4. The van der Waals surface area contributed by atoms with Gasteiger partial charge in [0.2, 0.25) is 0 Å². The van der Waals surface area contributed by atoms with Gasteiger partial charge in [-0.05, 0) is 76.7 Å². The van der Waals surface area contributed by atoms with Crippen molar-refractivity contribution in [3.63, 3.8) is 0 Å². The van der Waals surface area contributed by atoms with Crippen LogP contribution in [-0.2, 0) is 10.1 Å². The van der Waals surface area contributed by atoms with Gasteiger partial charge in [0.15, 0.2) is 11.5 Å². The summed E-state index contributed by atoms with van der Waals surface area (Å²) in [6.07, 6.45) is 1.36. The van der Waals surface area contributed by atoms with Crippen LogP contribution >= 0.6 is 22.6 Å². The Morgan fingerprint density at radius 1 is 1.09 bits per heavy atom. The quantitative estimate of drug-likeness (QED) is 0.141. The highest BCUT2D eigenvalue weighted by atomic mass is 127.